The highest BCUT2D eigenvalue weighted by atomic mass is 16.5. The second-order valence-corrected chi connectivity index (χ2v) is 7.62. The molecule has 0 saturated carbocycles. The van der Waals surface area contributed by atoms with Crippen molar-refractivity contribution < 1.29 is 28.7 Å². The zero-order valence-corrected chi connectivity index (χ0v) is 17.9. The summed E-state index contributed by atoms with van der Waals surface area (Å²) < 4.78 is 10.5. The summed E-state index contributed by atoms with van der Waals surface area (Å²) in [7, 11) is 0. The fraction of sp³-hybridized carbons (Fsp3) is 0.231. The molecule has 3 aromatic rings. The van der Waals surface area contributed by atoms with E-state index in [-0.39, 0.29) is 47.0 Å². The van der Waals surface area contributed by atoms with E-state index in [1.165, 1.54) is 12.1 Å². The highest BCUT2D eigenvalue weighted by Crippen LogP contribution is 2.32. The minimum atomic E-state index is -0.636. The zero-order valence-electron chi connectivity index (χ0n) is 17.9. The van der Waals surface area contributed by atoms with Gasteiger partial charge in [-0.2, -0.15) is 0 Å². The smallest absolute Gasteiger partial charge is 0.339 e. The van der Waals surface area contributed by atoms with Crippen LogP contribution in [-0.2, 0) is 9.47 Å². The summed E-state index contributed by atoms with van der Waals surface area (Å²) >= 11 is 0. The topological polar surface area (TPSA) is 86.7 Å². The van der Waals surface area contributed by atoms with Gasteiger partial charge in [0.25, 0.3) is 0 Å². The maximum atomic E-state index is 13.0. The molecule has 1 aliphatic rings. The van der Waals surface area contributed by atoms with Crippen LogP contribution in [0.4, 0.5) is 0 Å². The van der Waals surface area contributed by atoms with Crippen LogP contribution in [-0.4, -0.2) is 36.7 Å². The Bertz CT molecular complexity index is 1170. The van der Waals surface area contributed by atoms with Gasteiger partial charge in [-0.15, -0.1) is 0 Å². The third-order valence-electron chi connectivity index (χ3n) is 5.33. The summed E-state index contributed by atoms with van der Waals surface area (Å²) in [6, 6.07) is 12.9. The third-order valence-corrected chi connectivity index (χ3v) is 5.33. The van der Waals surface area contributed by atoms with Crippen molar-refractivity contribution in [2.45, 2.75) is 26.7 Å². The molecule has 32 heavy (non-hydrogen) atoms. The lowest BCUT2D eigenvalue weighted by Crippen LogP contribution is -2.21. The second-order valence-electron chi connectivity index (χ2n) is 7.62. The van der Waals surface area contributed by atoms with E-state index < -0.39 is 11.9 Å². The fourth-order valence-electron chi connectivity index (χ4n) is 3.78. The van der Waals surface area contributed by atoms with Gasteiger partial charge in [0.05, 0.1) is 24.3 Å². The molecule has 0 fully saturated rings. The van der Waals surface area contributed by atoms with Crippen molar-refractivity contribution in [3.05, 3.63) is 81.9 Å². The molecule has 0 unspecified atom stereocenters. The van der Waals surface area contributed by atoms with Crippen LogP contribution in [0.15, 0.2) is 48.5 Å². The molecule has 3 aromatic carbocycles. The van der Waals surface area contributed by atoms with E-state index in [9.17, 15) is 19.2 Å². The number of hydrogen-bond donors (Lipinski definition) is 0. The predicted molar refractivity (Wildman–Crippen MR) is 118 cm³/mol. The first-order valence-electron chi connectivity index (χ1n) is 10.6. The van der Waals surface area contributed by atoms with E-state index in [0.717, 1.165) is 0 Å². The van der Waals surface area contributed by atoms with Gasteiger partial charge < -0.3 is 9.47 Å². The first-order chi connectivity index (χ1) is 15.5. The van der Waals surface area contributed by atoms with E-state index in [4.69, 9.17) is 9.47 Å². The monoisotopic (exact) mass is 430 g/mol. The van der Waals surface area contributed by atoms with Crippen molar-refractivity contribution in [1.82, 2.24) is 0 Å². The van der Waals surface area contributed by atoms with E-state index in [2.05, 4.69) is 0 Å². The normalized spacial score (nSPS) is 12.3. The molecule has 6 nitrogen and oxygen atoms in total. The summed E-state index contributed by atoms with van der Waals surface area (Å²) in [4.78, 5) is 51.4. The third kappa shape index (κ3) is 3.68. The molecule has 0 heterocycles. The Labute approximate surface area is 185 Å². The molecule has 0 N–H and O–H groups in total. The molecule has 0 atom stereocenters. The lowest BCUT2D eigenvalue weighted by molar-refractivity contribution is 0.0458. The Hall–Kier alpha value is -3.80. The second kappa shape index (κ2) is 8.75. The molecule has 0 aromatic heterocycles. The van der Waals surface area contributed by atoms with Gasteiger partial charge in [-0.3, -0.25) is 9.59 Å². The number of benzene rings is 3. The standard InChI is InChI=1S/C26H22O6/c1-3-9-31-25(29)21-13-15-11-19-20(12-16(15)14-22(21)26(30)32-10-4-2)24(28)18-8-6-5-7-17(18)23(19)27/h5-8,11-14H,3-4,9-10H2,1-2H3. The first-order valence-corrected chi connectivity index (χ1v) is 10.6. The molecule has 6 heteroatoms. The average molecular weight is 430 g/mol. The Morgan fingerprint density at radius 1 is 0.656 bits per heavy atom. The van der Waals surface area contributed by atoms with E-state index in [1.807, 2.05) is 13.8 Å². The van der Waals surface area contributed by atoms with Crippen LogP contribution in [0, 0.1) is 0 Å². The molecule has 0 radical (unpaired) electrons. The van der Waals surface area contributed by atoms with Crippen molar-refractivity contribution in [3.63, 3.8) is 0 Å². The van der Waals surface area contributed by atoms with Crippen LogP contribution in [0.5, 0.6) is 0 Å². The van der Waals surface area contributed by atoms with Gasteiger partial charge in [0, 0.05) is 22.3 Å². The minimum Gasteiger partial charge on any atom is -0.462 e. The van der Waals surface area contributed by atoms with Crippen molar-refractivity contribution in [3.8, 4) is 0 Å². The molecule has 0 bridgehead atoms. The van der Waals surface area contributed by atoms with Crippen LogP contribution >= 0.6 is 0 Å². The number of ketones is 2. The predicted octanol–water partition coefficient (Wildman–Crippen LogP) is 4.75. The molecule has 4 rings (SSSR count). The molecule has 0 spiro atoms. The number of carbonyl (C=O) groups is 4. The van der Waals surface area contributed by atoms with Crippen molar-refractivity contribution >= 4 is 34.3 Å². The SMILES string of the molecule is CCCOC(=O)c1cc2cc3c(cc2cc1C(=O)OCCC)C(=O)c1ccccc1C3=O. The number of fused-ring (bicyclic) bond motifs is 3. The number of rotatable bonds is 6. The first kappa shape index (κ1) is 21.4. The Morgan fingerprint density at radius 2 is 1.06 bits per heavy atom. The van der Waals surface area contributed by atoms with Gasteiger partial charge in [0.1, 0.15) is 0 Å². The van der Waals surface area contributed by atoms with Crippen molar-refractivity contribution in [2.75, 3.05) is 13.2 Å². The Balaban J connectivity index is 1.89. The van der Waals surface area contributed by atoms with Crippen LogP contribution in [0.3, 0.4) is 0 Å². The van der Waals surface area contributed by atoms with Crippen LogP contribution in [0.1, 0.15) is 79.2 Å². The van der Waals surface area contributed by atoms with Crippen LogP contribution in [0.2, 0.25) is 0 Å². The minimum absolute atomic E-state index is 0.0713. The molecular weight excluding hydrogens is 408 g/mol. The molecule has 0 aliphatic heterocycles. The average Bonchev–Trinajstić information content (AvgIpc) is 2.82. The van der Waals surface area contributed by atoms with Crippen molar-refractivity contribution in [2.24, 2.45) is 0 Å². The molecule has 0 amide bonds. The summed E-state index contributed by atoms with van der Waals surface area (Å²) in [5.74, 6) is -1.78. The molecule has 1 aliphatic carbocycles. The summed E-state index contributed by atoms with van der Waals surface area (Å²) in [6.45, 7) is 4.18. The molecule has 162 valence electrons. The number of hydrogen-bond acceptors (Lipinski definition) is 6. The van der Waals surface area contributed by atoms with E-state index in [0.29, 0.717) is 34.7 Å². The van der Waals surface area contributed by atoms with Gasteiger partial charge in [-0.05, 0) is 47.9 Å². The van der Waals surface area contributed by atoms with Gasteiger partial charge in [0.2, 0.25) is 0 Å². The quantitative estimate of drug-likeness (QED) is 0.410. The zero-order chi connectivity index (χ0) is 22.8. The number of esters is 2. The molecular formula is C26H22O6. The summed E-state index contributed by atoms with van der Waals surface area (Å²) in [6.07, 6.45) is 1.27. The van der Waals surface area contributed by atoms with Crippen LogP contribution in [0.25, 0.3) is 10.8 Å². The van der Waals surface area contributed by atoms with Gasteiger partial charge in [0.15, 0.2) is 11.6 Å². The largest absolute Gasteiger partial charge is 0.462 e. The van der Waals surface area contributed by atoms with Crippen molar-refractivity contribution in [1.29, 1.82) is 0 Å². The Morgan fingerprint density at radius 3 is 1.44 bits per heavy atom. The lowest BCUT2D eigenvalue weighted by Gasteiger charge is -2.19. The highest BCUT2D eigenvalue weighted by molar-refractivity contribution is 6.29. The van der Waals surface area contributed by atoms with Crippen LogP contribution < -0.4 is 0 Å². The van der Waals surface area contributed by atoms with E-state index in [1.54, 1.807) is 36.4 Å². The Kier molecular flexibility index (Phi) is 5.86. The maximum absolute atomic E-state index is 13.0. The maximum Gasteiger partial charge on any atom is 0.339 e. The lowest BCUT2D eigenvalue weighted by atomic mass is 9.82. The highest BCUT2D eigenvalue weighted by Gasteiger charge is 2.30. The summed E-state index contributed by atoms with van der Waals surface area (Å²) in [5, 5.41) is 1.11. The van der Waals surface area contributed by atoms with Gasteiger partial charge >= 0.3 is 11.9 Å². The fourth-order valence-corrected chi connectivity index (χ4v) is 3.78. The summed E-state index contributed by atoms with van der Waals surface area (Å²) in [5.41, 5.74) is 1.40. The number of carbonyl (C=O) groups excluding carboxylic acids is 4. The number of ether oxygens (including phenoxy) is 2. The molecule has 0 saturated heterocycles. The van der Waals surface area contributed by atoms with Gasteiger partial charge in [-0.1, -0.05) is 38.1 Å². The van der Waals surface area contributed by atoms with E-state index >= 15 is 0 Å². The van der Waals surface area contributed by atoms with Gasteiger partial charge in [-0.25, -0.2) is 9.59 Å².